The van der Waals surface area contributed by atoms with Crippen molar-refractivity contribution in [3.05, 3.63) is 23.8 Å². The summed E-state index contributed by atoms with van der Waals surface area (Å²) in [4.78, 5) is 0. The van der Waals surface area contributed by atoms with Crippen molar-refractivity contribution in [2.75, 3.05) is 27.4 Å². The van der Waals surface area contributed by atoms with Crippen LogP contribution in [0.5, 0.6) is 11.5 Å². The highest BCUT2D eigenvalue weighted by Gasteiger charge is 2.11. The minimum absolute atomic E-state index is 0.0458. The van der Waals surface area contributed by atoms with Crippen molar-refractivity contribution in [2.24, 2.45) is 0 Å². The molecule has 0 spiro atoms. The van der Waals surface area contributed by atoms with Crippen LogP contribution in [0.3, 0.4) is 0 Å². The molecule has 4 heteroatoms. The molecule has 1 aromatic rings. The van der Waals surface area contributed by atoms with Crippen molar-refractivity contribution in [2.45, 2.75) is 13.0 Å². The number of nitrogens with one attached hydrogen (secondary N) is 1. The Kier molecular flexibility index (Phi) is 5.08. The Balaban J connectivity index is 3.00. The van der Waals surface area contributed by atoms with Gasteiger partial charge in [0.15, 0.2) is 0 Å². The average molecular weight is 225 g/mol. The molecule has 0 saturated carbocycles. The number of methoxy groups -OCH3 is 2. The Morgan fingerprint density at radius 3 is 2.12 bits per heavy atom. The van der Waals surface area contributed by atoms with Gasteiger partial charge in [-0.3, -0.25) is 0 Å². The van der Waals surface area contributed by atoms with E-state index in [9.17, 15) is 5.11 Å². The van der Waals surface area contributed by atoms with E-state index in [-0.39, 0.29) is 12.6 Å². The summed E-state index contributed by atoms with van der Waals surface area (Å²) in [6.45, 7) is 2.84. The quantitative estimate of drug-likeness (QED) is 0.767. The van der Waals surface area contributed by atoms with Gasteiger partial charge in [-0.1, -0.05) is 6.92 Å². The van der Waals surface area contributed by atoms with Crippen LogP contribution in [0.25, 0.3) is 0 Å². The van der Waals surface area contributed by atoms with Crippen LogP contribution in [0, 0.1) is 0 Å². The van der Waals surface area contributed by atoms with E-state index in [1.807, 2.05) is 25.1 Å². The second-order valence-corrected chi connectivity index (χ2v) is 3.44. The monoisotopic (exact) mass is 225 g/mol. The van der Waals surface area contributed by atoms with Gasteiger partial charge in [0, 0.05) is 6.07 Å². The molecule has 1 rings (SSSR count). The third-order valence-electron chi connectivity index (χ3n) is 2.41. The van der Waals surface area contributed by atoms with E-state index in [4.69, 9.17) is 9.47 Å². The first-order chi connectivity index (χ1) is 7.74. The van der Waals surface area contributed by atoms with Gasteiger partial charge in [0.1, 0.15) is 11.5 Å². The first-order valence-electron chi connectivity index (χ1n) is 5.32. The predicted octanol–water partition coefficient (Wildman–Crippen LogP) is 1.35. The highest BCUT2D eigenvalue weighted by atomic mass is 16.5. The molecule has 0 amide bonds. The standard InChI is InChI=1S/C12H19NO3/c1-4-13-12(8-14)9-5-10(15-2)7-11(6-9)16-3/h5-7,12-14H,4,8H2,1-3H3. The van der Waals surface area contributed by atoms with Gasteiger partial charge < -0.3 is 19.9 Å². The van der Waals surface area contributed by atoms with Crippen molar-refractivity contribution < 1.29 is 14.6 Å². The maximum atomic E-state index is 9.29. The maximum Gasteiger partial charge on any atom is 0.122 e. The fourth-order valence-electron chi connectivity index (χ4n) is 1.56. The molecule has 0 heterocycles. The molecule has 0 aromatic heterocycles. The topological polar surface area (TPSA) is 50.7 Å². The minimum atomic E-state index is -0.0889. The van der Waals surface area contributed by atoms with Gasteiger partial charge >= 0.3 is 0 Å². The summed E-state index contributed by atoms with van der Waals surface area (Å²) in [5.41, 5.74) is 0.959. The molecule has 0 aliphatic heterocycles. The summed E-state index contributed by atoms with van der Waals surface area (Å²) in [5, 5.41) is 12.5. The normalized spacial score (nSPS) is 12.2. The lowest BCUT2D eigenvalue weighted by Crippen LogP contribution is -2.23. The van der Waals surface area contributed by atoms with Crippen molar-refractivity contribution in [1.29, 1.82) is 0 Å². The fourth-order valence-corrected chi connectivity index (χ4v) is 1.56. The molecule has 0 bridgehead atoms. The Morgan fingerprint density at radius 2 is 1.75 bits per heavy atom. The van der Waals surface area contributed by atoms with Crippen LogP contribution >= 0.6 is 0 Å². The Hall–Kier alpha value is -1.26. The zero-order valence-electron chi connectivity index (χ0n) is 9.99. The maximum absolute atomic E-state index is 9.29. The smallest absolute Gasteiger partial charge is 0.122 e. The minimum Gasteiger partial charge on any atom is -0.497 e. The van der Waals surface area contributed by atoms with Crippen LogP contribution in [0.1, 0.15) is 18.5 Å². The van der Waals surface area contributed by atoms with Crippen LogP contribution in [-0.4, -0.2) is 32.5 Å². The SMILES string of the molecule is CCNC(CO)c1cc(OC)cc(OC)c1. The predicted molar refractivity (Wildman–Crippen MR) is 63.0 cm³/mol. The number of rotatable bonds is 6. The average Bonchev–Trinajstić information content (AvgIpc) is 2.35. The van der Waals surface area contributed by atoms with Crippen molar-refractivity contribution in [3.63, 3.8) is 0 Å². The van der Waals surface area contributed by atoms with Gasteiger partial charge in [-0.15, -0.1) is 0 Å². The summed E-state index contributed by atoms with van der Waals surface area (Å²) in [5.74, 6) is 1.46. The third kappa shape index (κ3) is 3.12. The molecular formula is C12H19NO3. The number of likely N-dealkylation sites (N-methyl/N-ethyl adjacent to an activating group) is 1. The van der Waals surface area contributed by atoms with Gasteiger partial charge in [-0.2, -0.15) is 0 Å². The summed E-state index contributed by atoms with van der Waals surface area (Å²) < 4.78 is 10.4. The summed E-state index contributed by atoms with van der Waals surface area (Å²) in [6, 6.07) is 5.51. The highest BCUT2D eigenvalue weighted by Crippen LogP contribution is 2.26. The van der Waals surface area contributed by atoms with Crippen LogP contribution in [0.4, 0.5) is 0 Å². The van der Waals surface area contributed by atoms with Gasteiger partial charge in [0.2, 0.25) is 0 Å². The highest BCUT2D eigenvalue weighted by molar-refractivity contribution is 5.39. The Labute approximate surface area is 96.2 Å². The molecule has 0 saturated heterocycles. The molecule has 0 fully saturated rings. The van der Waals surface area contributed by atoms with Crippen LogP contribution in [-0.2, 0) is 0 Å². The first kappa shape index (κ1) is 12.8. The zero-order chi connectivity index (χ0) is 12.0. The number of aliphatic hydroxyl groups excluding tert-OH is 1. The van der Waals surface area contributed by atoms with Gasteiger partial charge in [0.05, 0.1) is 26.9 Å². The number of ether oxygens (including phenoxy) is 2. The third-order valence-corrected chi connectivity index (χ3v) is 2.41. The summed E-state index contributed by atoms with van der Waals surface area (Å²) >= 11 is 0. The molecular weight excluding hydrogens is 206 g/mol. The lowest BCUT2D eigenvalue weighted by atomic mass is 10.1. The van der Waals surface area contributed by atoms with Crippen molar-refractivity contribution in [1.82, 2.24) is 5.32 Å². The second kappa shape index (κ2) is 6.35. The van der Waals surface area contributed by atoms with Crippen LogP contribution in [0.2, 0.25) is 0 Å². The molecule has 0 aliphatic carbocycles. The molecule has 90 valence electrons. The molecule has 1 aromatic carbocycles. The lowest BCUT2D eigenvalue weighted by Gasteiger charge is -2.17. The van der Waals surface area contributed by atoms with Gasteiger partial charge in [0.25, 0.3) is 0 Å². The van der Waals surface area contributed by atoms with Crippen molar-refractivity contribution in [3.8, 4) is 11.5 Å². The van der Waals surface area contributed by atoms with Gasteiger partial charge in [-0.25, -0.2) is 0 Å². The van der Waals surface area contributed by atoms with Gasteiger partial charge in [-0.05, 0) is 24.2 Å². The molecule has 4 nitrogen and oxygen atoms in total. The molecule has 0 radical (unpaired) electrons. The van der Waals surface area contributed by atoms with E-state index >= 15 is 0 Å². The summed E-state index contributed by atoms with van der Waals surface area (Å²) in [7, 11) is 3.22. The molecule has 1 unspecified atom stereocenters. The zero-order valence-corrected chi connectivity index (χ0v) is 9.99. The molecule has 2 N–H and O–H groups in total. The Bertz CT molecular complexity index is 306. The fraction of sp³-hybridized carbons (Fsp3) is 0.500. The van der Waals surface area contributed by atoms with E-state index in [1.54, 1.807) is 14.2 Å². The van der Waals surface area contributed by atoms with E-state index < -0.39 is 0 Å². The summed E-state index contributed by atoms with van der Waals surface area (Å²) in [6.07, 6.45) is 0. The first-order valence-corrected chi connectivity index (χ1v) is 5.32. The number of hydrogen-bond acceptors (Lipinski definition) is 4. The van der Waals surface area contributed by atoms with Crippen LogP contribution in [0.15, 0.2) is 18.2 Å². The number of benzene rings is 1. The molecule has 0 aliphatic rings. The molecule has 16 heavy (non-hydrogen) atoms. The number of hydrogen-bond donors (Lipinski definition) is 2. The lowest BCUT2D eigenvalue weighted by molar-refractivity contribution is 0.245. The van der Waals surface area contributed by atoms with Crippen LogP contribution < -0.4 is 14.8 Å². The van der Waals surface area contributed by atoms with E-state index in [2.05, 4.69) is 5.32 Å². The largest absolute Gasteiger partial charge is 0.497 e. The van der Waals surface area contributed by atoms with E-state index in [0.717, 1.165) is 23.6 Å². The molecule has 1 atom stereocenters. The Morgan fingerprint density at radius 1 is 1.19 bits per heavy atom. The van der Waals surface area contributed by atoms with E-state index in [1.165, 1.54) is 0 Å². The second-order valence-electron chi connectivity index (χ2n) is 3.44. The number of aliphatic hydroxyl groups is 1. The van der Waals surface area contributed by atoms with Crippen molar-refractivity contribution >= 4 is 0 Å². The van der Waals surface area contributed by atoms with E-state index in [0.29, 0.717) is 0 Å².